The van der Waals surface area contributed by atoms with Gasteiger partial charge in [0.25, 0.3) is 0 Å². The predicted octanol–water partition coefficient (Wildman–Crippen LogP) is 2.55. The van der Waals surface area contributed by atoms with Gasteiger partial charge in [0.15, 0.2) is 5.69 Å². The second-order valence-electron chi connectivity index (χ2n) is 3.70. The molecule has 1 N–H and O–H groups in total. The van der Waals surface area contributed by atoms with E-state index in [1.165, 1.54) is 0 Å². The summed E-state index contributed by atoms with van der Waals surface area (Å²) in [5.74, 6) is -0.385. The highest BCUT2D eigenvalue weighted by Gasteiger charge is 2.12. The van der Waals surface area contributed by atoms with Crippen molar-refractivity contribution in [2.24, 2.45) is 0 Å². The summed E-state index contributed by atoms with van der Waals surface area (Å²) in [6.07, 6.45) is 3.71. The molecule has 1 heterocycles. The van der Waals surface area contributed by atoms with Crippen molar-refractivity contribution in [1.82, 2.24) is 9.78 Å². The van der Waals surface area contributed by atoms with Crippen molar-refractivity contribution in [3.05, 3.63) is 17.5 Å². The number of hydrogen-bond donors (Lipinski definition) is 1. The van der Waals surface area contributed by atoms with Crippen LogP contribution in [0.4, 0.5) is 0 Å². The predicted molar refractivity (Wildman–Crippen MR) is 63.1 cm³/mol. The highest BCUT2D eigenvalue weighted by molar-refractivity contribution is 6.17. The number of alkyl halides is 1. The van der Waals surface area contributed by atoms with Crippen molar-refractivity contribution in [2.45, 2.75) is 39.2 Å². The fraction of sp³-hybridized carbons (Fsp3) is 0.636. The quantitative estimate of drug-likeness (QED) is 0.750. The molecule has 0 amide bonds. The number of aromatic nitrogens is 2. The van der Waals surface area contributed by atoms with Crippen molar-refractivity contribution >= 4 is 17.6 Å². The minimum Gasteiger partial charge on any atom is -0.476 e. The van der Waals surface area contributed by atoms with Gasteiger partial charge in [-0.25, -0.2) is 4.79 Å². The Balaban J connectivity index is 2.79. The number of carboxylic acids is 1. The standard InChI is InChI=1S/C11H17ClN2O2/c1-2-3-7-14-9(5-4-6-12)8-10(13-14)11(15)16/h8H,2-7H2,1H3,(H,15,16). The fourth-order valence-corrected chi connectivity index (χ4v) is 1.64. The van der Waals surface area contributed by atoms with Gasteiger partial charge in [0.05, 0.1) is 0 Å². The first kappa shape index (κ1) is 13.0. The minimum atomic E-state index is -0.970. The smallest absolute Gasteiger partial charge is 0.356 e. The van der Waals surface area contributed by atoms with Crippen LogP contribution in [0.2, 0.25) is 0 Å². The van der Waals surface area contributed by atoms with E-state index in [1.807, 2.05) is 0 Å². The number of aryl methyl sites for hydroxylation is 2. The van der Waals surface area contributed by atoms with Gasteiger partial charge in [-0.05, 0) is 25.3 Å². The van der Waals surface area contributed by atoms with Gasteiger partial charge in [-0.15, -0.1) is 11.6 Å². The van der Waals surface area contributed by atoms with E-state index in [-0.39, 0.29) is 5.69 Å². The second kappa shape index (κ2) is 6.53. The van der Waals surface area contributed by atoms with Crippen LogP contribution in [-0.2, 0) is 13.0 Å². The maximum Gasteiger partial charge on any atom is 0.356 e. The summed E-state index contributed by atoms with van der Waals surface area (Å²) in [5, 5.41) is 12.9. The first-order valence-corrected chi connectivity index (χ1v) is 6.08. The third kappa shape index (κ3) is 3.52. The van der Waals surface area contributed by atoms with Crippen LogP contribution in [0.25, 0.3) is 0 Å². The highest BCUT2D eigenvalue weighted by Crippen LogP contribution is 2.09. The maximum atomic E-state index is 10.8. The third-order valence-electron chi connectivity index (χ3n) is 2.37. The molecule has 5 heteroatoms. The average Bonchev–Trinajstić information content (AvgIpc) is 2.67. The van der Waals surface area contributed by atoms with E-state index >= 15 is 0 Å². The highest BCUT2D eigenvalue weighted by atomic mass is 35.5. The third-order valence-corrected chi connectivity index (χ3v) is 2.64. The van der Waals surface area contributed by atoms with Crippen LogP contribution in [0.3, 0.4) is 0 Å². The van der Waals surface area contributed by atoms with Crippen molar-refractivity contribution in [3.8, 4) is 0 Å². The zero-order valence-corrected chi connectivity index (χ0v) is 10.2. The first-order chi connectivity index (χ1) is 7.69. The van der Waals surface area contributed by atoms with E-state index in [1.54, 1.807) is 10.7 Å². The Morgan fingerprint density at radius 2 is 2.31 bits per heavy atom. The van der Waals surface area contributed by atoms with E-state index < -0.39 is 5.97 Å². The summed E-state index contributed by atoms with van der Waals surface area (Å²) >= 11 is 5.63. The lowest BCUT2D eigenvalue weighted by Crippen LogP contribution is -2.06. The number of carboxylic acid groups (broad SMARTS) is 1. The van der Waals surface area contributed by atoms with Gasteiger partial charge < -0.3 is 5.11 Å². The Labute approximate surface area is 100 Å². The Bertz CT molecular complexity index is 324. The molecule has 0 bridgehead atoms. The van der Waals surface area contributed by atoms with Gasteiger partial charge in [0.2, 0.25) is 0 Å². The van der Waals surface area contributed by atoms with Crippen LogP contribution in [-0.4, -0.2) is 26.7 Å². The number of halogens is 1. The zero-order valence-electron chi connectivity index (χ0n) is 9.45. The average molecular weight is 245 g/mol. The maximum absolute atomic E-state index is 10.8. The molecule has 1 rings (SSSR count). The Morgan fingerprint density at radius 1 is 1.56 bits per heavy atom. The zero-order chi connectivity index (χ0) is 12.0. The molecule has 0 aliphatic carbocycles. The summed E-state index contributed by atoms with van der Waals surface area (Å²) in [6.45, 7) is 2.88. The van der Waals surface area contributed by atoms with E-state index in [2.05, 4.69) is 12.0 Å². The van der Waals surface area contributed by atoms with Gasteiger partial charge >= 0.3 is 5.97 Å². The number of nitrogens with zero attached hydrogens (tertiary/aromatic N) is 2. The van der Waals surface area contributed by atoms with Gasteiger partial charge in [0, 0.05) is 18.1 Å². The van der Waals surface area contributed by atoms with Crippen LogP contribution in [0.5, 0.6) is 0 Å². The molecule has 1 aromatic rings. The molecule has 1 aromatic heterocycles. The Morgan fingerprint density at radius 3 is 2.88 bits per heavy atom. The SMILES string of the molecule is CCCCn1nc(C(=O)O)cc1CCCCl. The Hall–Kier alpha value is -1.03. The molecule has 90 valence electrons. The lowest BCUT2D eigenvalue weighted by molar-refractivity contribution is 0.0689. The molecular weight excluding hydrogens is 228 g/mol. The van der Waals surface area contributed by atoms with Crippen LogP contribution in [0, 0.1) is 0 Å². The van der Waals surface area contributed by atoms with E-state index in [4.69, 9.17) is 16.7 Å². The largest absolute Gasteiger partial charge is 0.476 e. The van der Waals surface area contributed by atoms with Crippen molar-refractivity contribution in [1.29, 1.82) is 0 Å². The summed E-state index contributed by atoms with van der Waals surface area (Å²) in [5.41, 5.74) is 1.09. The molecule has 0 unspecified atom stereocenters. The fourth-order valence-electron chi connectivity index (χ4n) is 1.51. The molecule has 0 aromatic carbocycles. The molecule has 0 saturated heterocycles. The second-order valence-corrected chi connectivity index (χ2v) is 4.07. The molecule has 0 aliphatic heterocycles. The number of unbranched alkanes of at least 4 members (excludes halogenated alkanes) is 1. The van der Waals surface area contributed by atoms with Crippen LogP contribution in [0.1, 0.15) is 42.4 Å². The van der Waals surface area contributed by atoms with Gasteiger partial charge in [-0.2, -0.15) is 5.10 Å². The number of aromatic carboxylic acids is 1. The summed E-state index contributed by atoms with van der Waals surface area (Å²) in [6, 6.07) is 1.64. The topological polar surface area (TPSA) is 55.1 Å². The number of hydrogen-bond acceptors (Lipinski definition) is 2. The van der Waals surface area contributed by atoms with Crippen LogP contribution in [0.15, 0.2) is 6.07 Å². The molecule has 0 spiro atoms. The van der Waals surface area contributed by atoms with Gasteiger partial charge in [-0.1, -0.05) is 13.3 Å². The molecule has 0 aliphatic rings. The summed E-state index contributed by atoms with van der Waals surface area (Å²) in [7, 11) is 0. The lowest BCUT2D eigenvalue weighted by Gasteiger charge is -2.05. The lowest BCUT2D eigenvalue weighted by atomic mass is 10.2. The molecule has 0 radical (unpaired) electrons. The summed E-state index contributed by atoms with van der Waals surface area (Å²) < 4.78 is 1.79. The van der Waals surface area contributed by atoms with Gasteiger partial charge in [-0.3, -0.25) is 4.68 Å². The molecule has 4 nitrogen and oxygen atoms in total. The van der Waals surface area contributed by atoms with Crippen molar-refractivity contribution in [3.63, 3.8) is 0 Å². The minimum absolute atomic E-state index is 0.126. The van der Waals surface area contributed by atoms with E-state index in [9.17, 15) is 4.79 Å². The van der Waals surface area contributed by atoms with Crippen LogP contribution < -0.4 is 0 Å². The van der Waals surface area contributed by atoms with Crippen molar-refractivity contribution in [2.75, 3.05) is 5.88 Å². The first-order valence-electron chi connectivity index (χ1n) is 5.55. The number of rotatable bonds is 7. The molecular formula is C11H17ClN2O2. The van der Waals surface area contributed by atoms with E-state index in [0.717, 1.165) is 37.9 Å². The summed E-state index contributed by atoms with van der Waals surface area (Å²) in [4.78, 5) is 10.8. The molecule has 0 atom stereocenters. The number of carbonyl (C=O) groups is 1. The molecule has 16 heavy (non-hydrogen) atoms. The normalized spacial score (nSPS) is 10.6. The molecule has 0 fully saturated rings. The Kier molecular flexibility index (Phi) is 5.32. The monoisotopic (exact) mass is 244 g/mol. The van der Waals surface area contributed by atoms with E-state index in [0.29, 0.717) is 5.88 Å². The van der Waals surface area contributed by atoms with Crippen molar-refractivity contribution < 1.29 is 9.90 Å². The van der Waals surface area contributed by atoms with Crippen LogP contribution >= 0.6 is 11.6 Å². The molecule has 0 saturated carbocycles. The van der Waals surface area contributed by atoms with Gasteiger partial charge in [0.1, 0.15) is 0 Å².